The van der Waals surface area contributed by atoms with Gasteiger partial charge in [0.15, 0.2) is 6.67 Å². The third-order valence-electron chi connectivity index (χ3n) is 4.98. The van der Waals surface area contributed by atoms with Gasteiger partial charge in [-0.05, 0) is 31.2 Å². The molecule has 7 nitrogen and oxygen atoms in total. The molecule has 0 radical (unpaired) electrons. The normalized spacial score (nSPS) is 15.2. The van der Waals surface area contributed by atoms with Crippen molar-refractivity contribution in [3.63, 3.8) is 0 Å². The third-order valence-corrected chi connectivity index (χ3v) is 4.98. The molecule has 1 aliphatic heterocycles. The number of para-hydroxylation sites is 2. The number of hydrogen-bond donors (Lipinski definition) is 1. The number of ether oxygens (including phenoxy) is 1. The predicted octanol–water partition coefficient (Wildman–Crippen LogP) is 0.553. The predicted molar refractivity (Wildman–Crippen MR) is 104 cm³/mol. The van der Waals surface area contributed by atoms with E-state index < -0.39 is 0 Å². The molecule has 2 aromatic carbocycles. The summed E-state index contributed by atoms with van der Waals surface area (Å²) in [4.78, 5) is 16.3. The second-order valence-corrected chi connectivity index (χ2v) is 6.71. The number of nitrogens with one attached hydrogen (secondary N) is 1. The molecule has 0 atom stereocenters. The monoisotopic (exact) mass is 366 g/mol. The molecule has 1 aliphatic rings. The van der Waals surface area contributed by atoms with Crippen LogP contribution in [-0.4, -0.2) is 47.8 Å². The van der Waals surface area contributed by atoms with Crippen molar-refractivity contribution < 1.29 is 9.64 Å². The summed E-state index contributed by atoms with van der Waals surface area (Å²) in [5.74, 6) is 0.931. The molecule has 1 saturated heterocycles. The molecule has 7 heteroatoms. The van der Waals surface area contributed by atoms with Gasteiger partial charge in [0.25, 0.3) is 5.56 Å². The van der Waals surface area contributed by atoms with Gasteiger partial charge in [-0.25, -0.2) is 0 Å². The maximum absolute atomic E-state index is 12.6. The minimum atomic E-state index is -0.0720. The lowest BCUT2D eigenvalue weighted by atomic mass is 10.2. The molecule has 2 heterocycles. The first kappa shape index (κ1) is 17.5. The van der Waals surface area contributed by atoms with E-state index in [1.54, 1.807) is 6.07 Å². The van der Waals surface area contributed by atoms with Crippen LogP contribution >= 0.6 is 0 Å². The van der Waals surface area contributed by atoms with Crippen LogP contribution in [0.5, 0.6) is 5.75 Å². The Morgan fingerprint density at radius 1 is 1.07 bits per heavy atom. The van der Waals surface area contributed by atoms with Gasteiger partial charge in [0.05, 0.1) is 43.9 Å². The Morgan fingerprint density at radius 2 is 1.81 bits per heavy atom. The molecule has 1 fully saturated rings. The zero-order valence-corrected chi connectivity index (χ0v) is 15.5. The van der Waals surface area contributed by atoms with Crippen LogP contribution in [0.1, 0.15) is 6.92 Å². The van der Waals surface area contributed by atoms with Crippen LogP contribution in [0.15, 0.2) is 53.3 Å². The molecule has 0 bridgehead atoms. The second-order valence-electron chi connectivity index (χ2n) is 6.71. The highest BCUT2D eigenvalue weighted by Crippen LogP contribution is 2.27. The van der Waals surface area contributed by atoms with Gasteiger partial charge in [0.1, 0.15) is 11.3 Å². The molecule has 27 heavy (non-hydrogen) atoms. The Bertz CT molecular complexity index is 979. The van der Waals surface area contributed by atoms with Gasteiger partial charge in [0, 0.05) is 0 Å². The highest BCUT2D eigenvalue weighted by Gasteiger charge is 2.23. The molecular formula is C20H24N5O2+. The Hall–Kier alpha value is -2.93. The van der Waals surface area contributed by atoms with Gasteiger partial charge in [0.2, 0.25) is 0 Å². The average Bonchev–Trinajstić information content (AvgIpc) is 2.72. The van der Waals surface area contributed by atoms with Crippen molar-refractivity contribution in [3.05, 3.63) is 58.9 Å². The number of anilines is 1. The second kappa shape index (κ2) is 7.75. The highest BCUT2D eigenvalue weighted by atomic mass is 16.5. The molecule has 3 aromatic rings. The Kier molecular flexibility index (Phi) is 5.02. The Morgan fingerprint density at radius 3 is 2.63 bits per heavy atom. The minimum Gasteiger partial charge on any atom is -0.492 e. The number of nitrogens with zero attached hydrogens (tertiary/aromatic N) is 4. The summed E-state index contributed by atoms with van der Waals surface area (Å²) in [6.45, 7) is 6.89. The van der Waals surface area contributed by atoms with Crippen molar-refractivity contribution in [2.75, 3.05) is 37.7 Å². The van der Waals surface area contributed by atoms with Gasteiger partial charge in [-0.15, -0.1) is 5.10 Å². The van der Waals surface area contributed by atoms with Crippen molar-refractivity contribution in [1.82, 2.24) is 15.0 Å². The lowest BCUT2D eigenvalue weighted by molar-refractivity contribution is -0.924. The zero-order valence-electron chi connectivity index (χ0n) is 15.5. The molecule has 140 valence electrons. The van der Waals surface area contributed by atoms with E-state index in [2.05, 4.69) is 21.3 Å². The summed E-state index contributed by atoms with van der Waals surface area (Å²) in [6, 6.07) is 15.5. The van der Waals surface area contributed by atoms with E-state index in [1.165, 1.54) is 9.58 Å². The zero-order chi connectivity index (χ0) is 18.6. The highest BCUT2D eigenvalue weighted by molar-refractivity contribution is 5.76. The molecule has 0 aliphatic carbocycles. The molecule has 0 saturated carbocycles. The molecule has 0 spiro atoms. The summed E-state index contributed by atoms with van der Waals surface area (Å²) in [5.41, 5.74) is 1.71. The summed E-state index contributed by atoms with van der Waals surface area (Å²) < 4.78 is 7.24. The lowest BCUT2D eigenvalue weighted by Crippen LogP contribution is -3.14. The fourth-order valence-electron chi connectivity index (χ4n) is 3.56. The van der Waals surface area contributed by atoms with E-state index in [4.69, 9.17) is 4.74 Å². The summed E-state index contributed by atoms with van der Waals surface area (Å²) in [5, 5.41) is 8.91. The van der Waals surface area contributed by atoms with E-state index in [0.29, 0.717) is 24.2 Å². The molecular weight excluding hydrogens is 342 g/mol. The third kappa shape index (κ3) is 3.64. The van der Waals surface area contributed by atoms with Crippen molar-refractivity contribution in [1.29, 1.82) is 0 Å². The van der Waals surface area contributed by atoms with Gasteiger partial charge < -0.3 is 14.5 Å². The van der Waals surface area contributed by atoms with Crippen molar-refractivity contribution >= 4 is 16.6 Å². The fourth-order valence-corrected chi connectivity index (χ4v) is 3.56. The largest absolute Gasteiger partial charge is 0.492 e. The molecule has 4 rings (SSSR count). The average molecular weight is 366 g/mol. The number of aromatic nitrogens is 3. The smallest absolute Gasteiger partial charge is 0.282 e. The summed E-state index contributed by atoms with van der Waals surface area (Å²) in [6.07, 6.45) is 0. The van der Waals surface area contributed by atoms with Crippen LogP contribution in [-0.2, 0) is 6.67 Å². The number of quaternary nitrogens is 1. The number of rotatable bonds is 5. The Balaban J connectivity index is 1.45. The molecule has 1 aromatic heterocycles. The summed E-state index contributed by atoms with van der Waals surface area (Å²) in [7, 11) is 0. The van der Waals surface area contributed by atoms with E-state index in [9.17, 15) is 4.79 Å². The van der Waals surface area contributed by atoms with Gasteiger partial charge in [-0.2, -0.15) is 4.68 Å². The van der Waals surface area contributed by atoms with Gasteiger partial charge in [-0.1, -0.05) is 29.5 Å². The summed E-state index contributed by atoms with van der Waals surface area (Å²) >= 11 is 0. The molecule has 0 unspecified atom stereocenters. The van der Waals surface area contributed by atoms with Crippen molar-refractivity contribution in [3.8, 4) is 5.75 Å². The van der Waals surface area contributed by atoms with E-state index in [-0.39, 0.29) is 5.56 Å². The SMILES string of the molecule is CCOc1ccccc1N1CC[NH+](Cn2nnc3ccccc3c2=O)CC1. The minimum absolute atomic E-state index is 0.0720. The quantitative estimate of drug-likeness (QED) is 0.715. The first-order valence-corrected chi connectivity index (χ1v) is 9.39. The van der Waals surface area contributed by atoms with E-state index in [1.807, 2.05) is 43.3 Å². The van der Waals surface area contributed by atoms with Crippen LogP contribution in [0.3, 0.4) is 0 Å². The first-order valence-electron chi connectivity index (χ1n) is 9.39. The van der Waals surface area contributed by atoms with Crippen molar-refractivity contribution in [2.45, 2.75) is 13.6 Å². The number of piperazine rings is 1. The molecule has 1 N–H and O–H groups in total. The van der Waals surface area contributed by atoms with E-state index >= 15 is 0 Å². The Labute approximate surface area is 157 Å². The number of benzene rings is 2. The van der Waals surface area contributed by atoms with Crippen LogP contribution < -0.4 is 20.1 Å². The van der Waals surface area contributed by atoms with Gasteiger partial charge in [-0.3, -0.25) is 4.79 Å². The van der Waals surface area contributed by atoms with Crippen molar-refractivity contribution in [2.24, 2.45) is 0 Å². The number of hydrogen-bond acceptors (Lipinski definition) is 5. The van der Waals surface area contributed by atoms with Crippen LogP contribution in [0, 0.1) is 0 Å². The topological polar surface area (TPSA) is 64.7 Å². The fraction of sp³-hybridized carbons (Fsp3) is 0.350. The van der Waals surface area contributed by atoms with Gasteiger partial charge >= 0.3 is 0 Å². The molecule has 0 amide bonds. The van der Waals surface area contributed by atoms with Crippen LogP contribution in [0.4, 0.5) is 5.69 Å². The maximum Gasteiger partial charge on any atom is 0.282 e. The van der Waals surface area contributed by atoms with Crippen LogP contribution in [0.2, 0.25) is 0 Å². The maximum atomic E-state index is 12.6. The lowest BCUT2D eigenvalue weighted by Gasteiger charge is -2.34. The standard InChI is InChI=1S/C20H23N5O2/c1-2-27-19-10-6-5-9-18(19)24-13-11-23(12-14-24)15-25-20(26)16-7-3-4-8-17(16)21-22-25/h3-10H,2,11-15H2,1H3/p+1. The first-order chi connectivity index (χ1) is 13.3. The number of fused-ring (bicyclic) bond motifs is 1. The van der Waals surface area contributed by atoms with Crippen LogP contribution in [0.25, 0.3) is 10.9 Å². The van der Waals surface area contributed by atoms with E-state index in [0.717, 1.165) is 37.6 Å².